The molecule has 4 nitrogen and oxygen atoms in total. The first-order chi connectivity index (χ1) is 12.7. The van der Waals surface area contributed by atoms with Gasteiger partial charge in [-0.15, -0.1) is 11.3 Å². The van der Waals surface area contributed by atoms with Gasteiger partial charge in [0.05, 0.1) is 18.2 Å². The summed E-state index contributed by atoms with van der Waals surface area (Å²) in [7, 11) is 0. The molecule has 0 bridgehead atoms. The van der Waals surface area contributed by atoms with E-state index in [2.05, 4.69) is 5.32 Å². The van der Waals surface area contributed by atoms with Crippen LogP contribution >= 0.6 is 22.7 Å². The Hall–Kier alpha value is -1.89. The SMILES string of the molecule is O=C(NC[C@](O)(c1ccsc1)c1ccco1)C1(c2cccs2)CCCC1. The molecule has 136 valence electrons. The first-order valence-corrected chi connectivity index (χ1v) is 10.6. The summed E-state index contributed by atoms with van der Waals surface area (Å²) in [6, 6.07) is 9.40. The topological polar surface area (TPSA) is 62.5 Å². The highest BCUT2D eigenvalue weighted by Gasteiger charge is 2.45. The lowest BCUT2D eigenvalue weighted by Gasteiger charge is -2.30. The third-order valence-corrected chi connectivity index (χ3v) is 7.07. The summed E-state index contributed by atoms with van der Waals surface area (Å²) in [5, 5.41) is 20.2. The van der Waals surface area contributed by atoms with E-state index in [4.69, 9.17) is 4.42 Å². The molecule has 0 saturated heterocycles. The Morgan fingerprint density at radius 3 is 2.69 bits per heavy atom. The molecular weight excluding hydrogens is 366 g/mol. The number of thiophene rings is 2. The molecule has 6 heteroatoms. The van der Waals surface area contributed by atoms with Crippen molar-refractivity contribution in [1.29, 1.82) is 0 Å². The maximum Gasteiger partial charge on any atom is 0.231 e. The number of carbonyl (C=O) groups excluding carboxylic acids is 1. The minimum atomic E-state index is -1.37. The Labute approximate surface area is 160 Å². The van der Waals surface area contributed by atoms with Crippen LogP contribution in [0.25, 0.3) is 0 Å². The summed E-state index contributed by atoms with van der Waals surface area (Å²) in [5.74, 6) is 0.436. The van der Waals surface area contributed by atoms with Gasteiger partial charge < -0.3 is 14.8 Å². The first-order valence-electron chi connectivity index (χ1n) is 8.76. The summed E-state index contributed by atoms with van der Waals surface area (Å²) >= 11 is 3.14. The van der Waals surface area contributed by atoms with Gasteiger partial charge in [-0.25, -0.2) is 0 Å². The van der Waals surface area contributed by atoms with Gasteiger partial charge >= 0.3 is 0 Å². The van der Waals surface area contributed by atoms with Crippen molar-refractivity contribution in [2.45, 2.75) is 36.7 Å². The minimum absolute atomic E-state index is 0.00217. The minimum Gasteiger partial charge on any atom is -0.466 e. The molecule has 1 aliphatic rings. The maximum absolute atomic E-state index is 13.2. The zero-order valence-electron chi connectivity index (χ0n) is 14.3. The number of carbonyl (C=O) groups is 1. The molecule has 4 rings (SSSR count). The molecule has 26 heavy (non-hydrogen) atoms. The van der Waals surface area contributed by atoms with E-state index in [9.17, 15) is 9.90 Å². The summed E-state index contributed by atoms with van der Waals surface area (Å²) in [6.45, 7) is 0.0865. The number of hydrogen-bond acceptors (Lipinski definition) is 5. The average Bonchev–Trinajstić information content (AvgIpc) is 3.45. The number of hydrogen-bond donors (Lipinski definition) is 2. The van der Waals surface area contributed by atoms with Gasteiger partial charge in [-0.05, 0) is 53.2 Å². The lowest BCUT2D eigenvalue weighted by atomic mass is 9.83. The fourth-order valence-corrected chi connectivity index (χ4v) is 5.54. The van der Waals surface area contributed by atoms with Gasteiger partial charge in [0.2, 0.25) is 5.91 Å². The van der Waals surface area contributed by atoms with Crippen LogP contribution < -0.4 is 5.32 Å². The van der Waals surface area contributed by atoms with Crippen LogP contribution in [-0.2, 0) is 15.8 Å². The second-order valence-electron chi connectivity index (χ2n) is 6.80. The Kier molecular flexibility index (Phi) is 4.73. The third-order valence-electron chi connectivity index (χ3n) is 5.32. The molecule has 3 heterocycles. The molecule has 1 atom stereocenters. The molecule has 2 N–H and O–H groups in total. The lowest BCUT2D eigenvalue weighted by Crippen LogP contribution is -2.48. The van der Waals surface area contributed by atoms with Crippen LogP contribution in [0.15, 0.2) is 57.2 Å². The number of aliphatic hydroxyl groups is 1. The molecule has 3 aromatic rings. The van der Waals surface area contributed by atoms with E-state index in [-0.39, 0.29) is 12.5 Å². The normalized spacial score (nSPS) is 18.5. The summed E-state index contributed by atoms with van der Waals surface area (Å²) in [5.41, 5.74) is -1.10. The van der Waals surface area contributed by atoms with Crippen LogP contribution in [-0.4, -0.2) is 17.6 Å². The van der Waals surface area contributed by atoms with Crippen LogP contribution in [0.1, 0.15) is 41.9 Å². The first kappa shape index (κ1) is 17.5. The van der Waals surface area contributed by atoms with E-state index in [1.54, 1.807) is 29.7 Å². The molecule has 0 aliphatic heterocycles. The predicted molar refractivity (Wildman–Crippen MR) is 104 cm³/mol. The number of rotatable bonds is 6. The van der Waals surface area contributed by atoms with Gasteiger partial charge in [0.15, 0.2) is 5.60 Å². The van der Waals surface area contributed by atoms with Crippen LogP contribution in [0.2, 0.25) is 0 Å². The number of amides is 1. The van der Waals surface area contributed by atoms with E-state index >= 15 is 0 Å². The van der Waals surface area contributed by atoms with E-state index in [1.165, 1.54) is 11.3 Å². The van der Waals surface area contributed by atoms with Gasteiger partial charge in [0, 0.05) is 10.4 Å². The Balaban J connectivity index is 1.59. The number of nitrogens with one attached hydrogen (secondary N) is 1. The largest absolute Gasteiger partial charge is 0.466 e. The second-order valence-corrected chi connectivity index (χ2v) is 8.53. The summed E-state index contributed by atoms with van der Waals surface area (Å²) < 4.78 is 5.48. The Morgan fingerprint density at radius 2 is 2.08 bits per heavy atom. The average molecular weight is 388 g/mol. The van der Waals surface area contributed by atoms with Crippen LogP contribution in [0, 0.1) is 0 Å². The van der Waals surface area contributed by atoms with Crippen LogP contribution in [0.5, 0.6) is 0 Å². The van der Waals surface area contributed by atoms with Crippen LogP contribution in [0.4, 0.5) is 0 Å². The van der Waals surface area contributed by atoms with Gasteiger partial charge in [-0.3, -0.25) is 4.79 Å². The van der Waals surface area contributed by atoms with Crippen molar-refractivity contribution in [3.8, 4) is 0 Å². The summed E-state index contributed by atoms with van der Waals surface area (Å²) in [4.78, 5) is 14.3. The van der Waals surface area contributed by atoms with E-state index < -0.39 is 11.0 Å². The molecule has 3 aromatic heterocycles. The highest BCUT2D eigenvalue weighted by atomic mass is 32.1. The van der Waals surface area contributed by atoms with E-state index in [0.717, 1.165) is 36.1 Å². The van der Waals surface area contributed by atoms with Gasteiger partial charge in [0.1, 0.15) is 5.76 Å². The standard InChI is InChI=1S/C20H21NO3S2/c22-18(19(8-1-2-9-19)17-6-4-11-26-17)21-14-20(23,15-7-12-25-13-15)16-5-3-10-24-16/h3-7,10-13,23H,1-2,8-9,14H2,(H,21,22)/t20-/m0/s1. The van der Waals surface area contributed by atoms with Crippen molar-refractivity contribution in [3.05, 3.63) is 68.9 Å². The monoisotopic (exact) mass is 387 g/mol. The fraction of sp³-hybridized carbons (Fsp3) is 0.350. The van der Waals surface area contributed by atoms with Gasteiger partial charge in [-0.2, -0.15) is 11.3 Å². The highest BCUT2D eigenvalue weighted by molar-refractivity contribution is 7.10. The maximum atomic E-state index is 13.2. The molecule has 1 amide bonds. The molecule has 0 spiro atoms. The second kappa shape index (κ2) is 7.02. The quantitative estimate of drug-likeness (QED) is 0.664. The zero-order chi connectivity index (χ0) is 18.0. The van der Waals surface area contributed by atoms with Crippen molar-refractivity contribution in [3.63, 3.8) is 0 Å². The third kappa shape index (κ3) is 2.92. The molecule has 1 saturated carbocycles. The van der Waals surface area contributed by atoms with E-state index in [1.807, 2.05) is 34.3 Å². The summed E-state index contributed by atoms with van der Waals surface area (Å²) in [6.07, 6.45) is 5.36. The zero-order valence-corrected chi connectivity index (χ0v) is 15.9. The molecule has 0 aromatic carbocycles. The highest BCUT2D eigenvalue weighted by Crippen LogP contribution is 2.43. The molecule has 0 radical (unpaired) electrons. The molecule has 1 aliphatic carbocycles. The Bertz CT molecular complexity index is 798. The molecule has 1 fully saturated rings. The lowest BCUT2D eigenvalue weighted by molar-refractivity contribution is -0.127. The van der Waals surface area contributed by atoms with Crippen molar-refractivity contribution < 1.29 is 14.3 Å². The number of furan rings is 1. The van der Waals surface area contributed by atoms with Gasteiger partial charge in [-0.1, -0.05) is 18.9 Å². The van der Waals surface area contributed by atoms with E-state index in [0.29, 0.717) is 5.76 Å². The van der Waals surface area contributed by atoms with Crippen molar-refractivity contribution in [2.75, 3.05) is 6.54 Å². The van der Waals surface area contributed by atoms with Gasteiger partial charge in [0.25, 0.3) is 0 Å². The van der Waals surface area contributed by atoms with Crippen molar-refractivity contribution in [2.24, 2.45) is 0 Å². The van der Waals surface area contributed by atoms with Crippen molar-refractivity contribution >= 4 is 28.6 Å². The molecular formula is C20H21NO3S2. The smallest absolute Gasteiger partial charge is 0.231 e. The van der Waals surface area contributed by atoms with Crippen LogP contribution in [0.3, 0.4) is 0 Å². The predicted octanol–water partition coefficient (Wildman–Crippen LogP) is 4.27. The van der Waals surface area contributed by atoms with Crippen molar-refractivity contribution in [1.82, 2.24) is 5.32 Å². The Morgan fingerprint density at radius 1 is 1.23 bits per heavy atom. The molecule has 0 unspecified atom stereocenters. The fourth-order valence-electron chi connectivity index (χ4n) is 3.84.